The number of nitrogens with two attached hydrogens (primary N) is 1. The van der Waals surface area contributed by atoms with Gasteiger partial charge in [0.15, 0.2) is 0 Å². The summed E-state index contributed by atoms with van der Waals surface area (Å²) < 4.78 is 5.63. The molecule has 1 unspecified atom stereocenters. The minimum absolute atomic E-state index is 0.0643. The molecule has 0 aliphatic rings. The zero-order valence-electron chi connectivity index (χ0n) is 13.2. The predicted octanol–water partition coefficient (Wildman–Crippen LogP) is 2.79. The Hall–Kier alpha value is -1.55. The zero-order chi connectivity index (χ0) is 15.5. The first-order valence-corrected chi connectivity index (χ1v) is 7.84. The third-order valence-corrected chi connectivity index (χ3v) is 3.36. The van der Waals surface area contributed by atoms with Gasteiger partial charge in [-0.1, -0.05) is 31.9 Å². The van der Waals surface area contributed by atoms with Crippen LogP contribution in [0.1, 0.15) is 44.6 Å². The molecule has 0 bridgehead atoms. The highest BCUT2D eigenvalue weighted by molar-refractivity contribution is 5.76. The molecule has 0 saturated carbocycles. The second kappa shape index (κ2) is 10.2. The maximum Gasteiger partial charge on any atom is 0.220 e. The van der Waals surface area contributed by atoms with Crippen LogP contribution in [0.25, 0.3) is 0 Å². The van der Waals surface area contributed by atoms with Crippen LogP contribution in [0.15, 0.2) is 24.3 Å². The first-order chi connectivity index (χ1) is 10.2. The zero-order valence-corrected chi connectivity index (χ0v) is 13.2. The predicted molar refractivity (Wildman–Crippen MR) is 86.4 cm³/mol. The molecule has 21 heavy (non-hydrogen) atoms. The molecule has 1 aromatic carbocycles. The van der Waals surface area contributed by atoms with E-state index < -0.39 is 0 Å². The number of amides is 1. The molecule has 118 valence electrons. The molecule has 0 aliphatic carbocycles. The van der Waals surface area contributed by atoms with Gasteiger partial charge in [-0.3, -0.25) is 4.79 Å². The lowest BCUT2D eigenvalue weighted by molar-refractivity contribution is -0.122. The van der Waals surface area contributed by atoms with Crippen LogP contribution in [0.5, 0.6) is 5.75 Å². The standard InChI is InChI=1S/C17H28N2O2/c1-3-4-8-15(13-18)19-17(20)10-6-11-21-16-9-5-7-14(2)12-16/h5,7,9,12,15H,3-4,6,8,10-11,13,18H2,1-2H3,(H,19,20). The molecule has 0 aromatic heterocycles. The highest BCUT2D eigenvalue weighted by Crippen LogP contribution is 2.12. The van der Waals surface area contributed by atoms with Gasteiger partial charge in [0.1, 0.15) is 5.75 Å². The van der Waals surface area contributed by atoms with Gasteiger partial charge in [-0.05, 0) is 37.5 Å². The van der Waals surface area contributed by atoms with Gasteiger partial charge >= 0.3 is 0 Å². The molecule has 0 spiro atoms. The first kappa shape index (κ1) is 17.5. The molecule has 0 heterocycles. The van der Waals surface area contributed by atoms with Crippen molar-refractivity contribution in [2.75, 3.05) is 13.2 Å². The lowest BCUT2D eigenvalue weighted by atomic mass is 10.1. The SMILES string of the molecule is CCCCC(CN)NC(=O)CCCOc1cccc(C)c1. The topological polar surface area (TPSA) is 64.3 Å². The van der Waals surface area contributed by atoms with E-state index in [1.165, 1.54) is 5.56 Å². The molecular formula is C17H28N2O2. The van der Waals surface area contributed by atoms with Gasteiger partial charge in [0, 0.05) is 19.0 Å². The molecule has 1 aromatic rings. The molecule has 4 nitrogen and oxygen atoms in total. The van der Waals surface area contributed by atoms with Crippen LogP contribution in [0.3, 0.4) is 0 Å². The fourth-order valence-electron chi connectivity index (χ4n) is 2.13. The molecule has 0 fully saturated rings. The number of hydrogen-bond acceptors (Lipinski definition) is 3. The minimum Gasteiger partial charge on any atom is -0.494 e. The molecular weight excluding hydrogens is 264 g/mol. The fraction of sp³-hybridized carbons (Fsp3) is 0.588. The van der Waals surface area contributed by atoms with Crippen molar-refractivity contribution in [1.29, 1.82) is 0 Å². The Morgan fingerprint density at radius 3 is 2.86 bits per heavy atom. The van der Waals surface area contributed by atoms with Crippen LogP contribution in [-0.2, 0) is 4.79 Å². The molecule has 4 heteroatoms. The van der Waals surface area contributed by atoms with Crippen LogP contribution < -0.4 is 15.8 Å². The Morgan fingerprint density at radius 1 is 1.38 bits per heavy atom. The molecule has 0 radical (unpaired) electrons. The normalized spacial score (nSPS) is 12.0. The minimum atomic E-state index is 0.0643. The van der Waals surface area contributed by atoms with Crippen LogP contribution in [0.2, 0.25) is 0 Å². The van der Waals surface area contributed by atoms with Crippen LogP contribution in [-0.4, -0.2) is 25.1 Å². The third-order valence-electron chi connectivity index (χ3n) is 3.36. The van der Waals surface area contributed by atoms with Gasteiger partial charge in [0.2, 0.25) is 5.91 Å². The highest BCUT2D eigenvalue weighted by atomic mass is 16.5. The number of rotatable bonds is 10. The smallest absolute Gasteiger partial charge is 0.220 e. The van der Waals surface area contributed by atoms with E-state index in [1.54, 1.807) is 0 Å². The van der Waals surface area contributed by atoms with E-state index in [9.17, 15) is 4.79 Å². The summed E-state index contributed by atoms with van der Waals surface area (Å²) in [5, 5.41) is 2.99. The quantitative estimate of drug-likeness (QED) is 0.652. The summed E-state index contributed by atoms with van der Waals surface area (Å²) in [6.07, 6.45) is 4.37. The van der Waals surface area contributed by atoms with E-state index in [0.717, 1.165) is 25.0 Å². The summed E-state index contributed by atoms with van der Waals surface area (Å²) in [5.74, 6) is 0.924. The maximum absolute atomic E-state index is 11.8. The number of aryl methyl sites for hydroxylation is 1. The van der Waals surface area contributed by atoms with Gasteiger partial charge in [-0.2, -0.15) is 0 Å². The third kappa shape index (κ3) is 7.71. The summed E-state index contributed by atoms with van der Waals surface area (Å²) in [7, 11) is 0. The number of nitrogens with one attached hydrogen (secondary N) is 1. The van der Waals surface area contributed by atoms with Gasteiger partial charge in [-0.25, -0.2) is 0 Å². The summed E-state index contributed by atoms with van der Waals surface area (Å²) in [6, 6.07) is 8.04. The van der Waals surface area contributed by atoms with Crippen molar-refractivity contribution < 1.29 is 9.53 Å². The van der Waals surface area contributed by atoms with Crippen molar-refractivity contribution >= 4 is 5.91 Å². The molecule has 0 aliphatic heterocycles. The fourth-order valence-corrected chi connectivity index (χ4v) is 2.13. The molecule has 3 N–H and O–H groups in total. The summed E-state index contributed by atoms with van der Waals surface area (Å²) in [5.41, 5.74) is 6.84. The second-order valence-corrected chi connectivity index (χ2v) is 5.41. The Kier molecular flexibility index (Phi) is 8.51. The average molecular weight is 292 g/mol. The average Bonchev–Trinajstić information content (AvgIpc) is 2.48. The first-order valence-electron chi connectivity index (χ1n) is 7.84. The summed E-state index contributed by atoms with van der Waals surface area (Å²) >= 11 is 0. The lowest BCUT2D eigenvalue weighted by Crippen LogP contribution is -2.40. The van der Waals surface area contributed by atoms with Gasteiger partial charge < -0.3 is 15.8 Å². The largest absolute Gasteiger partial charge is 0.494 e. The Morgan fingerprint density at radius 2 is 2.19 bits per heavy atom. The van der Waals surface area contributed by atoms with Crippen LogP contribution in [0.4, 0.5) is 0 Å². The number of ether oxygens (including phenoxy) is 1. The van der Waals surface area contributed by atoms with Crippen LogP contribution >= 0.6 is 0 Å². The number of carbonyl (C=O) groups excluding carboxylic acids is 1. The van der Waals surface area contributed by atoms with Gasteiger partial charge in [0.05, 0.1) is 6.61 Å². The molecule has 1 atom stereocenters. The number of unbranched alkanes of at least 4 members (excludes halogenated alkanes) is 1. The van der Waals surface area contributed by atoms with Crippen molar-refractivity contribution in [3.63, 3.8) is 0 Å². The van der Waals surface area contributed by atoms with E-state index in [1.807, 2.05) is 31.2 Å². The van der Waals surface area contributed by atoms with E-state index in [4.69, 9.17) is 10.5 Å². The van der Waals surface area contributed by atoms with E-state index in [0.29, 0.717) is 26.0 Å². The van der Waals surface area contributed by atoms with Crippen LogP contribution in [0, 0.1) is 6.92 Å². The second-order valence-electron chi connectivity index (χ2n) is 5.41. The summed E-state index contributed by atoms with van der Waals surface area (Å²) in [6.45, 7) is 5.23. The summed E-state index contributed by atoms with van der Waals surface area (Å²) in [4.78, 5) is 11.8. The maximum atomic E-state index is 11.8. The Balaban J connectivity index is 2.18. The van der Waals surface area contributed by atoms with E-state index in [2.05, 4.69) is 12.2 Å². The molecule has 0 saturated heterocycles. The van der Waals surface area contributed by atoms with E-state index in [-0.39, 0.29) is 11.9 Å². The number of benzene rings is 1. The van der Waals surface area contributed by atoms with Crippen molar-refractivity contribution in [3.05, 3.63) is 29.8 Å². The van der Waals surface area contributed by atoms with E-state index >= 15 is 0 Å². The number of carbonyl (C=O) groups is 1. The van der Waals surface area contributed by atoms with Crippen molar-refractivity contribution in [3.8, 4) is 5.75 Å². The Bertz CT molecular complexity index is 421. The van der Waals surface area contributed by atoms with Crippen molar-refractivity contribution in [2.45, 2.75) is 52.0 Å². The molecule has 1 amide bonds. The highest BCUT2D eigenvalue weighted by Gasteiger charge is 2.09. The lowest BCUT2D eigenvalue weighted by Gasteiger charge is -2.16. The van der Waals surface area contributed by atoms with Gasteiger partial charge in [-0.15, -0.1) is 0 Å². The number of hydrogen-bond donors (Lipinski definition) is 2. The monoisotopic (exact) mass is 292 g/mol. The van der Waals surface area contributed by atoms with Crippen molar-refractivity contribution in [1.82, 2.24) is 5.32 Å². The molecule has 1 rings (SSSR count). The van der Waals surface area contributed by atoms with Crippen molar-refractivity contribution in [2.24, 2.45) is 5.73 Å². The van der Waals surface area contributed by atoms with Gasteiger partial charge in [0.25, 0.3) is 0 Å². The Labute approximate surface area is 128 Å².